The smallest absolute Gasteiger partial charge is 0.334 e. The molecule has 0 bridgehead atoms. The van der Waals surface area contributed by atoms with Crippen molar-refractivity contribution in [2.45, 2.75) is 37.1 Å². The highest BCUT2D eigenvalue weighted by atomic mass is 32.1. The number of benzene rings is 1. The number of carboxylic acids is 1. The van der Waals surface area contributed by atoms with E-state index in [1.165, 1.54) is 6.07 Å². The second-order valence-corrected chi connectivity index (χ2v) is 7.56. The first-order chi connectivity index (χ1) is 12.0. The molecule has 3 aliphatic rings. The lowest BCUT2D eigenvalue weighted by Crippen LogP contribution is -2.50. The van der Waals surface area contributed by atoms with E-state index >= 15 is 0 Å². The maximum absolute atomic E-state index is 14.9. The van der Waals surface area contributed by atoms with Crippen molar-refractivity contribution in [2.24, 2.45) is 0 Å². The number of thiol groups is 1. The summed E-state index contributed by atoms with van der Waals surface area (Å²) in [5, 5.41) is 12.2. The molecule has 2 N–H and O–H groups in total. The van der Waals surface area contributed by atoms with Gasteiger partial charge in [-0.05, 0) is 37.5 Å². The normalized spacial score (nSPS) is 26.3. The molecule has 1 aromatic rings. The molecule has 2 aliphatic heterocycles. The van der Waals surface area contributed by atoms with Gasteiger partial charge in [0.2, 0.25) is 0 Å². The molecule has 0 aromatic heterocycles. The van der Waals surface area contributed by atoms with E-state index in [1.807, 2.05) is 11.0 Å². The fraction of sp³-hybridized carbons (Fsp3) is 0.500. The predicted molar refractivity (Wildman–Crippen MR) is 99.0 cm³/mol. The summed E-state index contributed by atoms with van der Waals surface area (Å²) in [6.45, 7) is 4.47. The third kappa shape index (κ3) is 2.89. The molecule has 25 heavy (non-hydrogen) atoms. The molecule has 2 heterocycles. The Morgan fingerprint density at radius 1 is 1.36 bits per heavy atom. The van der Waals surface area contributed by atoms with E-state index in [0.717, 1.165) is 38.2 Å². The highest BCUT2D eigenvalue weighted by Crippen LogP contribution is 2.46. The molecule has 0 radical (unpaired) electrons. The van der Waals surface area contributed by atoms with Gasteiger partial charge in [-0.25, -0.2) is 9.18 Å². The van der Waals surface area contributed by atoms with Crippen LogP contribution < -0.4 is 15.1 Å². The van der Waals surface area contributed by atoms with Crippen LogP contribution in [-0.4, -0.2) is 42.8 Å². The van der Waals surface area contributed by atoms with Crippen LogP contribution in [0.4, 0.5) is 15.8 Å². The molecule has 2 unspecified atom stereocenters. The largest absolute Gasteiger partial charge is 0.478 e. The van der Waals surface area contributed by atoms with Crippen LogP contribution in [0.2, 0.25) is 0 Å². The number of anilines is 2. The van der Waals surface area contributed by atoms with Gasteiger partial charge in [0, 0.05) is 43.6 Å². The van der Waals surface area contributed by atoms with Gasteiger partial charge in [-0.3, -0.25) is 0 Å². The number of carboxylic acid groups (broad SMARTS) is 1. The van der Waals surface area contributed by atoms with Crippen LogP contribution in [0.5, 0.6) is 0 Å². The van der Waals surface area contributed by atoms with Gasteiger partial charge >= 0.3 is 5.97 Å². The highest BCUT2D eigenvalue weighted by Gasteiger charge is 2.37. The average Bonchev–Trinajstić information content (AvgIpc) is 3.40. The second kappa shape index (κ2) is 6.21. The Kier molecular flexibility index (Phi) is 4.16. The minimum Gasteiger partial charge on any atom is -0.478 e. The number of fused-ring (bicyclic) bond motifs is 1. The molecule has 1 saturated heterocycles. The topological polar surface area (TPSA) is 55.8 Å². The number of halogens is 1. The van der Waals surface area contributed by atoms with Crippen LogP contribution in [-0.2, 0) is 4.79 Å². The molecule has 0 amide bonds. The van der Waals surface area contributed by atoms with Crippen LogP contribution in [0.1, 0.15) is 30.6 Å². The number of aliphatic carboxylic acids is 1. The van der Waals surface area contributed by atoms with E-state index < -0.39 is 11.2 Å². The highest BCUT2D eigenvalue weighted by molar-refractivity contribution is 7.80. The minimum absolute atomic E-state index is 0.199. The quantitative estimate of drug-likeness (QED) is 0.721. The molecule has 1 saturated carbocycles. The summed E-state index contributed by atoms with van der Waals surface area (Å²) >= 11 is 4.46. The van der Waals surface area contributed by atoms with Crippen molar-refractivity contribution in [3.63, 3.8) is 0 Å². The molecular weight excluding hydrogens is 341 g/mol. The first-order valence-electron chi connectivity index (χ1n) is 8.69. The zero-order valence-corrected chi connectivity index (χ0v) is 15.0. The summed E-state index contributed by atoms with van der Waals surface area (Å²) < 4.78 is 14.9. The van der Waals surface area contributed by atoms with E-state index in [0.29, 0.717) is 17.3 Å². The molecule has 0 spiro atoms. The molecule has 7 heteroatoms. The maximum Gasteiger partial charge on any atom is 0.334 e. The van der Waals surface area contributed by atoms with Crippen LogP contribution in [0.15, 0.2) is 23.9 Å². The molecule has 2 fully saturated rings. The first kappa shape index (κ1) is 16.7. The van der Waals surface area contributed by atoms with Crippen LogP contribution in [0.3, 0.4) is 0 Å². The van der Waals surface area contributed by atoms with Gasteiger partial charge < -0.3 is 20.2 Å². The van der Waals surface area contributed by atoms with Gasteiger partial charge in [-0.2, -0.15) is 12.6 Å². The maximum atomic E-state index is 14.9. The fourth-order valence-corrected chi connectivity index (χ4v) is 4.10. The van der Waals surface area contributed by atoms with E-state index in [-0.39, 0.29) is 17.4 Å². The monoisotopic (exact) mass is 363 g/mol. The molecule has 4 rings (SSSR count). The number of piperazine rings is 1. The Balaban J connectivity index is 1.80. The molecule has 5 nitrogen and oxygen atoms in total. The minimum atomic E-state index is -1.00. The average molecular weight is 363 g/mol. The van der Waals surface area contributed by atoms with Gasteiger partial charge in [0.1, 0.15) is 5.82 Å². The summed E-state index contributed by atoms with van der Waals surface area (Å²) in [6, 6.07) is 3.86. The Bertz CT molecular complexity index is 750. The summed E-state index contributed by atoms with van der Waals surface area (Å²) in [7, 11) is 0. The molecule has 1 aliphatic carbocycles. The van der Waals surface area contributed by atoms with Crippen molar-refractivity contribution in [3.05, 3.63) is 35.3 Å². The Morgan fingerprint density at radius 2 is 2.12 bits per heavy atom. The van der Waals surface area contributed by atoms with Gasteiger partial charge in [0.15, 0.2) is 0 Å². The zero-order valence-electron chi connectivity index (χ0n) is 14.1. The van der Waals surface area contributed by atoms with Gasteiger partial charge in [-0.15, -0.1) is 0 Å². The summed E-state index contributed by atoms with van der Waals surface area (Å²) in [5.74, 6) is -1.31. The molecular formula is C18H22FN3O2S. The van der Waals surface area contributed by atoms with E-state index in [2.05, 4.69) is 29.8 Å². The first-order valence-corrected chi connectivity index (χ1v) is 9.21. The lowest BCUT2D eigenvalue weighted by Gasteiger charge is -2.38. The third-order valence-corrected chi connectivity index (χ3v) is 5.80. The number of hydrogen-bond donors (Lipinski definition) is 3. The standard InChI is InChI=1S/C18H22FN3O2S/c1-10-8-20-4-5-21(10)16-7-15-12(6-14(16)19)17(25)13(18(23)24)9-22(15)11-2-3-11/h6-7,9-11,17,20,25H,2-5,8H2,1H3,(H,23,24). The molecule has 1 aromatic carbocycles. The third-order valence-electron chi connectivity index (χ3n) is 5.24. The SMILES string of the molecule is CC1CNCCN1c1cc2c(cc1F)C(S)C(C(=O)O)=CN2C1CC1. The number of nitrogens with zero attached hydrogens (tertiary/aromatic N) is 2. The van der Waals surface area contributed by atoms with Gasteiger partial charge in [0.25, 0.3) is 0 Å². The number of hydrogen-bond acceptors (Lipinski definition) is 5. The summed E-state index contributed by atoms with van der Waals surface area (Å²) in [5.41, 5.74) is 2.31. The van der Waals surface area contributed by atoms with Crippen molar-refractivity contribution in [3.8, 4) is 0 Å². The van der Waals surface area contributed by atoms with Crippen LogP contribution in [0, 0.1) is 5.82 Å². The fourth-order valence-electron chi connectivity index (χ4n) is 3.71. The van der Waals surface area contributed by atoms with Crippen molar-refractivity contribution in [1.82, 2.24) is 5.32 Å². The van der Waals surface area contributed by atoms with Crippen molar-refractivity contribution >= 4 is 30.0 Å². The number of nitrogens with one attached hydrogen (secondary N) is 1. The van der Waals surface area contributed by atoms with Crippen molar-refractivity contribution in [1.29, 1.82) is 0 Å². The van der Waals surface area contributed by atoms with E-state index in [9.17, 15) is 14.3 Å². The van der Waals surface area contributed by atoms with Gasteiger partial charge in [0.05, 0.1) is 16.5 Å². The summed E-state index contributed by atoms with van der Waals surface area (Å²) in [4.78, 5) is 15.6. The molecule has 134 valence electrons. The Hall–Kier alpha value is -1.73. The summed E-state index contributed by atoms with van der Waals surface area (Å²) in [6.07, 6.45) is 3.73. The lowest BCUT2D eigenvalue weighted by molar-refractivity contribution is -0.132. The van der Waals surface area contributed by atoms with Crippen LogP contribution >= 0.6 is 12.6 Å². The lowest BCUT2D eigenvalue weighted by atomic mass is 9.97. The Labute approximate surface area is 151 Å². The van der Waals surface area contributed by atoms with Crippen LogP contribution in [0.25, 0.3) is 0 Å². The second-order valence-electron chi connectivity index (χ2n) is 7.04. The predicted octanol–water partition coefficient (Wildman–Crippen LogP) is 2.55. The zero-order chi connectivity index (χ0) is 17.7. The number of carbonyl (C=O) groups is 1. The van der Waals surface area contributed by atoms with Gasteiger partial charge in [-0.1, -0.05) is 0 Å². The van der Waals surface area contributed by atoms with E-state index in [4.69, 9.17) is 0 Å². The Morgan fingerprint density at radius 3 is 2.76 bits per heavy atom. The van der Waals surface area contributed by atoms with Crippen molar-refractivity contribution < 1.29 is 14.3 Å². The molecule has 2 atom stereocenters. The van der Waals surface area contributed by atoms with Crippen molar-refractivity contribution in [2.75, 3.05) is 29.4 Å². The van der Waals surface area contributed by atoms with E-state index in [1.54, 1.807) is 6.20 Å². The number of rotatable bonds is 3.